The summed E-state index contributed by atoms with van der Waals surface area (Å²) in [7, 11) is 0. The maximum absolute atomic E-state index is 13.0. The van der Waals surface area contributed by atoms with Crippen LogP contribution in [0.1, 0.15) is 62.1 Å². The van der Waals surface area contributed by atoms with E-state index >= 15 is 0 Å². The van der Waals surface area contributed by atoms with Gasteiger partial charge in [-0.05, 0) is 54.0 Å². The molecule has 1 aliphatic carbocycles. The summed E-state index contributed by atoms with van der Waals surface area (Å²) in [6.45, 7) is 1.17. The number of aliphatic carboxylic acids is 1. The van der Waals surface area contributed by atoms with Crippen LogP contribution in [-0.4, -0.2) is 66.0 Å². The van der Waals surface area contributed by atoms with Crippen LogP contribution in [-0.2, 0) is 11.2 Å². The number of benzene rings is 3. The van der Waals surface area contributed by atoms with Crippen molar-refractivity contribution in [3.63, 3.8) is 0 Å². The highest BCUT2D eigenvalue weighted by Gasteiger charge is 2.33. The third-order valence-electron chi connectivity index (χ3n) is 8.06. The molecule has 1 fully saturated rings. The zero-order chi connectivity index (χ0) is 30.5. The van der Waals surface area contributed by atoms with Crippen molar-refractivity contribution >= 4 is 47.0 Å². The minimum atomic E-state index is -1.44. The molecule has 1 aliphatic heterocycles. The van der Waals surface area contributed by atoms with Gasteiger partial charge in [0.2, 0.25) is 0 Å². The predicted octanol–water partition coefficient (Wildman–Crippen LogP) is 4.84. The lowest BCUT2D eigenvalue weighted by atomic mass is 9.91. The first-order chi connectivity index (χ1) is 20.7. The van der Waals surface area contributed by atoms with Crippen molar-refractivity contribution in [1.29, 1.82) is 0 Å². The summed E-state index contributed by atoms with van der Waals surface area (Å²) in [6.07, 6.45) is 2.82. The second kappa shape index (κ2) is 13.5. The fraction of sp³-hybridized carbons (Fsp3) is 0.312. The van der Waals surface area contributed by atoms with Crippen LogP contribution in [0.4, 0.5) is 4.79 Å². The highest BCUT2D eigenvalue weighted by atomic mass is 35.5. The van der Waals surface area contributed by atoms with Crippen molar-refractivity contribution in [2.75, 3.05) is 26.2 Å². The number of nitrogens with zero attached hydrogens (tertiary/aromatic N) is 1. The number of fused-ring (bicyclic) bond motifs is 1. The van der Waals surface area contributed by atoms with E-state index in [4.69, 9.17) is 23.2 Å². The Hall–Kier alpha value is -4.08. The van der Waals surface area contributed by atoms with Gasteiger partial charge in [0, 0.05) is 31.1 Å². The molecule has 2 atom stereocenters. The van der Waals surface area contributed by atoms with E-state index in [1.54, 1.807) is 4.90 Å². The number of likely N-dealkylation sites (tertiary alicyclic amines) is 1. The molecule has 0 bridgehead atoms. The Labute approximate surface area is 259 Å². The number of carboxylic acid groups (broad SMARTS) is 1. The molecule has 4 amide bonds. The standard InChI is InChI=1S/C32H32Cl2N4O5/c33-25-14-22(30(40)38-17-23(18-38)19-6-2-1-3-7-19)15-26(34)28(25)29(39)37-27(31(41)42)16-36-32(43)35-13-12-21-11-10-20-8-4-5-9-24(20)21/h1-9,14-15,21,23,27H,10-13,16-18H2,(H,37,39)(H,41,42)(H2,35,36,43)/t21-,27-/m0/s1. The number of halogens is 2. The molecule has 2 aliphatic rings. The van der Waals surface area contributed by atoms with Crippen LogP contribution in [0.5, 0.6) is 0 Å². The third kappa shape index (κ3) is 7.12. The molecule has 224 valence electrons. The van der Waals surface area contributed by atoms with Crippen LogP contribution < -0.4 is 16.0 Å². The van der Waals surface area contributed by atoms with E-state index in [0.29, 0.717) is 25.6 Å². The number of hydrogen-bond acceptors (Lipinski definition) is 4. The van der Waals surface area contributed by atoms with Gasteiger partial charge in [0.15, 0.2) is 0 Å². The third-order valence-corrected chi connectivity index (χ3v) is 8.66. The lowest BCUT2D eigenvalue weighted by Crippen LogP contribution is -2.50. The van der Waals surface area contributed by atoms with E-state index in [-0.39, 0.29) is 39.5 Å². The van der Waals surface area contributed by atoms with Crippen LogP contribution in [0.15, 0.2) is 66.7 Å². The molecular formula is C32H32Cl2N4O5. The van der Waals surface area contributed by atoms with Crippen molar-refractivity contribution in [2.45, 2.75) is 37.1 Å². The van der Waals surface area contributed by atoms with Crippen LogP contribution in [0.2, 0.25) is 10.0 Å². The summed E-state index contributed by atoms with van der Waals surface area (Å²) in [4.78, 5) is 51.8. The number of rotatable bonds is 10. The molecule has 1 saturated heterocycles. The smallest absolute Gasteiger partial charge is 0.328 e. The Morgan fingerprint density at radius 2 is 1.60 bits per heavy atom. The quantitative estimate of drug-likeness (QED) is 0.257. The fourth-order valence-corrected chi connectivity index (χ4v) is 6.33. The summed E-state index contributed by atoms with van der Waals surface area (Å²) >= 11 is 12.7. The predicted molar refractivity (Wildman–Crippen MR) is 164 cm³/mol. The second-order valence-corrected chi connectivity index (χ2v) is 11.7. The van der Waals surface area contributed by atoms with Crippen molar-refractivity contribution in [2.24, 2.45) is 0 Å². The maximum atomic E-state index is 13.0. The van der Waals surface area contributed by atoms with Crippen molar-refractivity contribution < 1.29 is 24.3 Å². The lowest BCUT2D eigenvalue weighted by molar-refractivity contribution is -0.139. The molecule has 11 heteroatoms. The van der Waals surface area contributed by atoms with Crippen molar-refractivity contribution in [3.8, 4) is 0 Å². The fourth-order valence-electron chi connectivity index (χ4n) is 5.67. The molecule has 1 heterocycles. The largest absolute Gasteiger partial charge is 0.480 e. The van der Waals surface area contributed by atoms with Gasteiger partial charge >= 0.3 is 12.0 Å². The van der Waals surface area contributed by atoms with Gasteiger partial charge in [-0.2, -0.15) is 0 Å². The summed E-state index contributed by atoms with van der Waals surface area (Å²) < 4.78 is 0. The molecule has 43 heavy (non-hydrogen) atoms. The van der Waals surface area contributed by atoms with Crippen LogP contribution >= 0.6 is 23.2 Å². The summed E-state index contributed by atoms with van der Waals surface area (Å²) in [5.41, 5.74) is 3.88. The van der Waals surface area contributed by atoms with Crippen molar-refractivity contribution in [3.05, 3.63) is 105 Å². The maximum Gasteiger partial charge on any atom is 0.328 e. The van der Waals surface area contributed by atoms with E-state index in [2.05, 4.69) is 28.1 Å². The van der Waals surface area contributed by atoms with Crippen LogP contribution in [0.3, 0.4) is 0 Å². The first-order valence-electron chi connectivity index (χ1n) is 14.2. The molecular weight excluding hydrogens is 591 g/mol. The number of carbonyl (C=O) groups excluding carboxylic acids is 3. The highest BCUT2D eigenvalue weighted by Crippen LogP contribution is 2.35. The van der Waals surface area contributed by atoms with Crippen molar-refractivity contribution in [1.82, 2.24) is 20.9 Å². The van der Waals surface area contributed by atoms with E-state index in [1.807, 2.05) is 42.5 Å². The molecule has 4 N–H and O–H groups in total. The molecule has 3 aromatic carbocycles. The number of carbonyl (C=O) groups is 4. The van der Waals surface area contributed by atoms with Gasteiger partial charge in [-0.1, -0.05) is 77.8 Å². The molecule has 0 aromatic heterocycles. The SMILES string of the molecule is O=C(NCC[C@@H]1CCc2ccccc21)NC[C@H](NC(=O)c1c(Cl)cc(C(=O)N2CC(c3ccccc3)C2)cc1Cl)C(=O)O. The first kappa shape index (κ1) is 30.4. The zero-order valence-corrected chi connectivity index (χ0v) is 24.8. The minimum absolute atomic E-state index is 0.0863. The number of hydrogen-bond donors (Lipinski definition) is 4. The number of carboxylic acids is 1. The number of nitrogens with one attached hydrogen (secondary N) is 3. The Morgan fingerprint density at radius 1 is 0.930 bits per heavy atom. The average Bonchev–Trinajstić information content (AvgIpc) is 3.37. The first-order valence-corrected chi connectivity index (χ1v) is 14.9. The second-order valence-electron chi connectivity index (χ2n) is 10.9. The summed E-state index contributed by atoms with van der Waals surface area (Å²) in [6, 6.07) is 18.9. The van der Waals surface area contributed by atoms with Gasteiger partial charge in [-0.25, -0.2) is 9.59 Å². The number of urea groups is 1. The number of amides is 4. The zero-order valence-electron chi connectivity index (χ0n) is 23.3. The molecule has 3 aromatic rings. The molecule has 9 nitrogen and oxygen atoms in total. The minimum Gasteiger partial charge on any atom is -0.480 e. The lowest BCUT2D eigenvalue weighted by Gasteiger charge is -2.39. The Morgan fingerprint density at radius 3 is 2.30 bits per heavy atom. The monoisotopic (exact) mass is 622 g/mol. The Bertz CT molecular complexity index is 1500. The van der Waals surface area contributed by atoms with E-state index in [0.717, 1.165) is 24.8 Å². The Balaban J connectivity index is 1.11. The van der Waals surface area contributed by atoms with Gasteiger partial charge in [0.05, 0.1) is 22.2 Å². The van der Waals surface area contributed by atoms with Gasteiger partial charge < -0.3 is 26.0 Å². The molecule has 0 radical (unpaired) electrons. The Kier molecular flexibility index (Phi) is 9.52. The van der Waals surface area contributed by atoms with E-state index < -0.39 is 23.9 Å². The normalized spacial score (nSPS) is 16.5. The van der Waals surface area contributed by atoms with Gasteiger partial charge in [0.25, 0.3) is 11.8 Å². The molecule has 0 spiro atoms. The highest BCUT2D eigenvalue weighted by molar-refractivity contribution is 6.40. The molecule has 0 unspecified atom stereocenters. The topological polar surface area (TPSA) is 128 Å². The summed E-state index contributed by atoms with van der Waals surface area (Å²) in [5, 5.41) is 17.1. The number of aryl methyl sites for hydroxylation is 1. The van der Waals surface area contributed by atoms with E-state index in [1.165, 1.54) is 23.3 Å². The molecule has 5 rings (SSSR count). The van der Waals surface area contributed by atoms with Gasteiger partial charge in [-0.3, -0.25) is 9.59 Å². The van der Waals surface area contributed by atoms with Gasteiger partial charge in [0.1, 0.15) is 6.04 Å². The summed E-state index contributed by atoms with van der Waals surface area (Å²) in [5.74, 6) is -1.83. The van der Waals surface area contributed by atoms with Crippen LogP contribution in [0.25, 0.3) is 0 Å². The molecule has 0 saturated carbocycles. The van der Waals surface area contributed by atoms with E-state index in [9.17, 15) is 24.3 Å². The van der Waals surface area contributed by atoms with Gasteiger partial charge in [-0.15, -0.1) is 0 Å². The van der Waals surface area contributed by atoms with Crippen LogP contribution in [0, 0.1) is 0 Å². The average molecular weight is 624 g/mol.